The Bertz CT molecular complexity index is 537. The number of hydrogen-bond donors (Lipinski definition) is 3. The fraction of sp³-hybridized carbons (Fsp3) is 0.333. The SMILES string of the molecule is CCOC(=O)C(F)[C@@H](N)c1c(Br)ccc(C(=O)O)c1O. The molecule has 0 radical (unpaired) electrons. The molecule has 0 heterocycles. The van der Waals surface area contributed by atoms with E-state index in [0.29, 0.717) is 0 Å². The molecule has 2 atom stereocenters. The van der Waals surface area contributed by atoms with E-state index in [9.17, 15) is 19.1 Å². The summed E-state index contributed by atoms with van der Waals surface area (Å²) < 4.78 is 18.6. The summed E-state index contributed by atoms with van der Waals surface area (Å²) in [6.45, 7) is 1.49. The molecular weight excluding hydrogens is 337 g/mol. The number of alkyl halides is 1. The Morgan fingerprint density at radius 1 is 1.50 bits per heavy atom. The monoisotopic (exact) mass is 349 g/mol. The summed E-state index contributed by atoms with van der Waals surface area (Å²) in [7, 11) is 0. The fourth-order valence-corrected chi connectivity index (χ4v) is 2.17. The van der Waals surface area contributed by atoms with Crippen molar-refractivity contribution in [2.45, 2.75) is 19.1 Å². The third-order valence-electron chi connectivity index (χ3n) is 2.55. The molecule has 0 aliphatic carbocycles. The largest absolute Gasteiger partial charge is 0.507 e. The van der Waals surface area contributed by atoms with Gasteiger partial charge in [0, 0.05) is 10.0 Å². The second-order valence-corrected chi connectivity index (χ2v) is 4.70. The number of aromatic hydroxyl groups is 1. The number of hydrogen-bond acceptors (Lipinski definition) is 5. The highest BCUT2D eigenvalue weighted by molar-refractivity contribution is 9.10. The van der Waals surface area contributed by atoms with E-state index in [-0.39, 0.29) is 16.6 Å². The Morgan fingerprint density at radius 2 is 2.10 bits per heavy atom. The normalized spacial score (nSPS) is 13.6. The molecule has 110 valence electrons. The zero-order chi connectivity index (χ0) is 15.4. The van der Waals surface area contributed by atoms with E-state index in [1.54, 1.807) is 0 Å². The van der Waals surface area contributed by atoms with E-state index >= 15 is 0 Å². The Balaban J connectivity index is 3.21. The van der Waals surface area contributed by atoms with Gasteiger partial charge in [-0.05, 0) is 19.1 Å². The Morgan fingerprint density at radius 3 is 2.60 bits per heavy atom. The molecule has 6 nitrogen and oxygen atoms in total. The van der Waals surface area contributed by atoms with Crippen molar-refractivity contribution in [3.05, 3.63) is 27.7 Å². The minimum absolute atomic E-state index is 0.0196. The van der Waals surface area contributed by atoms with Crippen molar-refractivity contribution in [3.63, 3.8) is 0 Å². The highest BCUT2D eigenvalue weighted by Crippen LogP contribution is 2.36. The van der Waals surface area contributed by atoms with Gasteiger partial charge >= 0.3 is 11.9 Å². The first-order chi connectivity index (χ1) is 9.31. The van der Waals surface area contributed by atoms with Gasteiger partial charge in [-0.15, -0.1) is 0 Å². The molecule has 0 aliphatic heterocycles. The number of carboxylic acids is 1. The molecule has 1 rings (SSSR count). The highest BCUT2D eigenvalue weighted by atomic mass is 79.9. The molecule has 1 unspecified atom stereocenters. The molecule has 0 spiro atoms. The molecule has 8 heteroatoms. The lowest BCUT2D eigenvalue weighted by atomic mass is 9.99. The van der Waals surface area contributed by atoms with Crippen LogP contribution in [0.5, 0.6) is 5.75 Å². The Labute approximate surface area is 122 Å². The molecular formula is C12H13BrFNO5. The maximum atomic E-state index is 13.9. The van der Waals surface area contributed by atoms with Gasteiger partial charge < -0.3 is 20.7 Å². The van der Waals surface area contributed by atoms with Crippen LogP contribution in [0, 0.1) is 0 Å². The lowest BCUT2D eigenvalue weighted by Gasteiger charge is -2.19. The molecule has 0 bridgehead atoms. The summed E-state index contributed by atoms with van der Waals surface area (Å²) >= 11 is 3.04. The minimum atomic E-state index is -2.22. The van der Waals surface area contributed by atoms with Crippen molar-refractivity contribution in [1.29, 1.82) is 0 Å². The lowest BCUT2D eigenvalue weighted by Crippen LogP contribution is -2.32. The van der Waals surface area contributed by atoms with E-state index < -0.39 is 35.5 Å². The average Bonchev–Trinajstić information content (AvgIpc) is 2.37. The van der Waals surface area contributed by atoms with Crippen LogP contribution in [0.3, 0.4) is 0 Å². The number of ether oxygens (including phenoxy) is 1. The molecule has 0 aliphatic rings. The number of carboxylic acid groups (broad SMARTS) is 1. The quantitative estimate of drug-likeness (QED) is 0.698. The smallest absolute Gasteiger partial charge is 0.342 e. The number of aromatic carboxylic acids is 1. The van der Waals surface area contributed by atoms with E-state index in [0.717, 1.165) is 6.07 Å². The summed E-state index contributed by atoms with van der Waals surface area (Å²) in [5.74, 6) is -3.26. The molecule has 4 N–H and O–H groups in total. The van der Waals surface area contributed by atoms with Gasteiger partial charge in [0.05, 0.1) is 12.6 Å². The summed E-state index contributed by atoms with van der Waals surface area (Å²) in [6.07, 6.45) is -2.22. The van der Waals surface area contributed by atoms with Crippen molar-refractivity contribution in [3.8, 4) is 5.75 Å². The average molecular weight is 350 g/mol. The minimum Gasteiger partial charge on any atom is -0.507 e. The molecule has 20 heavy (non-hydrogen) atoms. The van der Waals surface area contributed by atoms with Gasteiger partial charge in [-0.1, -0.05) is 15.9 Å². The van der Waals surface area contributed by atoms with Crippen molar-refractivity contribution < 1.29 is 28.9 Å². The number of halogens is 2. The molecule has 1 aromatic carbocycles. The van der Waals surface area contributed by atoms with Gasteiger partial charge in [0.2, 0.25) is 6.17 Å². The van der Waals surface area contributed by atoms with Crippen LogP contribution in [0.2, 0.25) is 0 Å². The number of nitrogens with two attached hydrogens (primary N) is 1. The second kappa shape index (κ2) is 6.67. The van der Waals surface area contributed by atoms with E-state index in [2.05, 4.69) is 20.7 Å². The fourth-order valence-electron chi connectivity index (χ4n) is 1.59. The summed E-state index contributed by atoms with van der Waals surface area (Å²) in [6, 6.07) is 0.883. The molecule has 1 aromatic rings. The Kier molecular flexibility index (Phi) is 5.46. The maximum Gasteiger partial charge on any atom is 0.342 e. The van der Waals surface area contributed by atoms with Crippen LogP contribution in [0.15, 0.2) is 16.6 Å². The number of rotatable bonds is 5. The third kappa shape index (κ3) is 3.26. The predicted molar refractivity (Wildman–Crippen MR) is 71.2 cm³/mol. The molecule has 0 amide bonds. The first-order valence-electron chi connectivity index (χ1n) is 5.62. The van der Waals surface area contributed by atoms with Crippen LogP contribution in [0.4, 0.5) is 4.39 Å². The van der Waals surface area contributed by atoms with E-state index in [1.807, 2.05) is 0 Å². The van der Waals surface area contributed by atoms with Gasteiger partial charge in [0.1, 0.15) is 11.3 Å². The molecule has 0 fully saturated rings. The van der Waals surface area contributed by atoms with Crippen LogP contribution >= 0.6 is 15.9 Å². The van der Waals surface area contributed by atoms with Crippen LogP contribution in [0.1, 0.15) is 28.9 Å². The first-order valence-corrected chi connectivity index (χ1v) is 6.41. The number of esters is 1. The van der Waals surface area contributed by atoms with Gasteiger partial charge in [-0.3, -0.25) is 0 Å². The number of benzene rings is 1. The Hall–Kier alpha value is -1.67. The van der Waals surface area contributed by atoms with Crippen LogP contribution in [0.25, 0.3) is 0 Å². The van der Waals surface area contributed by atoms with E-state index in [4.69, 9.17) is 10.8 Å². The van der Waals surface area contributed by atoms with Crippen molar-refractivity contribution in [2.75, 3.05) is 6.61 Å². The van der Waals surface area contributed by atoms with Crippen LogP contribution in [-0.4, -0.2) is 34.9 Å². The van der Waals surface area contributed by atoms with Gasteiger partial charge in [0.15, 0.2) is 0 Å². The van der Waals surface area contributed by atoms with E-state index in [1.165, 1.54) is 13.0 Å². The standard InChI is InChI=1S/C12H13BrFNO5/c1-2-20-12(19)8(14)9(15)7-6(13)4-3-5(10(7)16)11(17)18/h3-4,8-9,16H,2,15H2,1H3,(H,17,18)/t8?,9-/m0/s1. The van der Waals surface area contributed by atoms with Gasteiger partial charge in [0.25, 0.3) is 0 Å². The summed E-state index contributed by atoms with van der Waals surface area (Å²) in [5, 5.41) is 18.8. The topological polar surface area (TPSA) is 110 Å². The van der Waals surface area contributed by atoms with Crippen molar-refractivity contribution >= 4 is 27.9 Å². The first kappa shape index (κ1) is 16.4. The van der Waals surface area contributed by atoms with Crippen LogP contribution in [-0.2, 0) is 9.53 Å². The highest BCUT2D eigenvalue weighted by Gasteiger charge is 2.32. The zero-order valence-electron chi connectivity index (χ0n) is 10.5. The van der Waals surface area contributed by atoms with Gasteiger partial charge in [-0.2, -0.15) is 0 Å². The molecule has 0 aromatic heterocycles. The summed E-state index contributed by atoms with van der Waals surface area (Å²) in [5.41, 5.74) is 4.94. The summed E-state index contributed by atoms with van der Waals surface area (Å²) in [4.78, 5) is 22.2. The predicted octanol–water partition coefficient (Wildman–Crippen LogP) is 1.75. The maximum absolute atomic E-state index is 13.9. The lowest BCUT2D eigenvalue weighted by molar-refractivity contribution is -0.149. The third-order valence-corrected chi connectivity index (χ3v) is 3.25. The number of carbonyl (C=O) groups excluding carboxylic acids is 1. The molecule has 0 saturated heterocycles. The second-order valence-electron chi connectivity index (χ2n) is 3.84. The van der Waals surface area contributed by atoms with Crippen LogP contribution < -0.4 is 5.73 Å². The number of carbonyl (C=O) groups is 2. The van der Waals surface area contributed by atoms with Crippen molar-refractivity contribution in [1.82, 2.24) is 0 Å². The number of phenols is 1. The van der Waals surface area contributed by atoms with Crippen molar-refractivity contribution in [2.24, 2.45) is 5.73 Å². The zero-order valence-corrected chi connectivity index (χ0v) is 12.1. The van der Waals surface area contributed by atoms with Gasteiger partial charge in [-0.25, -0.2) is 14.0 Å². The molecule has 0 saturated carbocycles.